The zero-order chi connectivity index (χ0) is 21.6. The first-order chi connectivity index (χ1) is 13.7. The van der Waals surface area contributed by atoms with Gasteiger partial charge in [0, 0.05) is 29.6 Å². The number of ether oxygens (including phenoxy) is 1. The van der Waals surface area contributed by atoms with Gasteiger partial charge in [-0.15, -0.1) is 0 Å². The fourth-order valence-electron chi connectivity index (χ4n) is 2.92. The van der Waals surface area contributed by atoms with Gasteiger partial charge in [-0.2, -0.15) is 0 Å². The van der Waals surface area contributed by atoms with Crippen LogP contribution in [0, 0.1) is 6.92 Å². The van der Waals surface area contributed by atoms with Gasteiger partial charge >= 0.3 is 12.0 Å². The summed E-state index contributed by atoms with van der Waals surface area (Å²) >= 11 is 0. The normalized spacial score (nSPS) is 12.4. The molecule has 0 aliphatic rings. The Hall–Kier alpha value is -3.49. The number of rotatable bonds is 9. The molecular formula is C20H25N3O6. The molecule has 2 rings (SSSR count). The van der Waals surface area contributed by atoms with Crippen molar-refractivity contribution in [3.8, 4) is 5.75 Å². The summed E-state index contributed by atoms with van der Waals surface area (Å²) in [6.07, 6.45) is 3.48. The number of urea groups is 1. The second-order valence-electron chi connectivity index (χ2n) is 6.63. The van der Waals surface area contributed by atoms with Gasteiger partial charge in [0.15, 0.2) is 0 Å². The molecule has 0 aliphatic heterocycles. The summed E-state index contributed by atoms with van der Waals surface area (Å²) in [5.41, 5.74) is 7.91. The number of hydrogen-bond acceptors (Lipinski definition) is 5. The van der Waals surface area contributed by atoms with E-state index in [-0.39, 0.29) is 13.0 Å². The summed E-state index contributed by atoms with van der Waals surface area (Å²) in [7, 11) is 1.52. The summed E-state index contributed by atoms with van der Waals surface area (Å²) in [6.45, 7) is 3.88. The van der Waals surface area contributed by atoms with Gasteiger partial charge in [0.25, 0.3) is 0 Å². The number of nitrogens with one attached hydrogen (secondary N) is 2. The number of benzene rings is 1. The Kier molecular flexibility index (Phi) is 7.24. The molecule has 0 saturated heterocycles. The molecule has 1 atom stereocenters. The highest BCUT2D eigenvalue weighted by Crippen LogP contribution is 2.33. The average molecular weight is 403 g/mol. The Morgan fingerprint density at radius 3 is 2.69 bits per heavy atom. The van der Waals surface area contributed by atoms with E-state index < -0.39 is 23.9 Å². The van der Waals surface area contributed by atoms with Gasteiger partial charge in [0.05, 0.1) is 13.4 Å². The molecule has 0 aliphatic carbocycles. The molecule has 1 heterocycles. The highest BCUT2D eigenvalue weighted by molar-refractivity contribution is 5.98. The maximum absolute atomic E-state index is 12.4. The molecule has 3 amide bonds. The Labute approximate surface area is 167 Å². The zero-order valence-electron chi connectivity index (χ0n) is 16.6. The van der Waals surface area contributed by atoms with Crippen molar-refractivity contribution in [1.29, 1.82) is 0 Å². The Bertz CT molecular complexity index is 947. The van der Waals surface area contributed by atoms with E-state index in [0.717, 1.165) is 10.9 Å². The minimum absolute atomic E-state index is 0.151. The van der Waals surface area contributed by atoms with E-state index in [1.54, 1.807) is 19.3 Å². The number of aliphatic carboxylic acids is 1. The molecule has 2 aromatic rings. The molecule has 5 N–H and O–H groups in total. The van der Waals surface area contributed by atoms with Gasteiger partial charge in [0.1, 0.15) is 17.4 Å². The molecule has 0 spiro atoms. The van der Waals surface area contributed by atoms with E-state index in [2.05, 4.69) is 10.6 Å². The first-order valence-corrected chi connectivity index (χ1v) is 9.04. The van der Waals surface area contributed by atoms with Crippen LogP contribution >= 0.6 is 0 Å². The van der Waals surface area contributed by atoms with E-state index >= 15 is 0 Å². The van der Waals surface area contributed by atoms with Crippen LogP contribution in [0.15, 0.2) is 28.9 Å². The molecule has 0 radical (unpaired) electrons. The third kappa shape index (κ3) is 5.74. The van der Waals surface area contributed by atoms with Crippen LogP contribution in [-0.2, 0) is 9.59 Å². The molecule has 0 fully saturated rings. The van der Waals surface area contributed by atoms with Crippen LogP contribution in [0.2, 0.25) is 0 Å². The van der Waals surface area contributed by atoms with Gasteiger partial charge in [-0.3, -0.25) is 4.79 Å². The molecule has 156 valence electrons. The highest BCUT2D eigenvalue weighted by atomic mass is 16.5. The van der Waals surface area contributed by atoms with Gasteiger partial charge in [-0.1, -0.05) is 0 Å². The van der Waals surface area contributed by atoms with Crippen molar-refractivity contribution in [2.45, 2.75) is 32.7 Å². The minimum atomic E-state index is -1.16. The molecule has 29 heavy (non-hydrogen) atoms. The number of primary amides is 1. The fraction of sp³-hybridized carbons (Fsp3) is 0.350. The third-order valence-electron chi connectivity index (χ3n) is 4.45. The van der Waals surface area contributed by atoms with Gasteiger partial charge in [-0.05, 0) is 43.9 Å². The SMILES string of the molecule is COc1cc2occ(C)c2cc1/C(C)=C/C(=O)NC(CCCNC(N)=O)C(=O)O. The lowest BCUT2D eigenvalue weighted by Gasteiger charge is -2.14. The van der Waals surface area contributed by atoms with E-state index in [9.17, 15) is 19.5 Å². The largest absolute Gasteiger partial charge is 0.496 e. The van der Waals surface area contributed by atoms with Crippen LogP contribution in [0.3, 0.4) is 0 Å². The van der Waals surface area contributed by atoms with Crippen molar-refractivity contribution >= 4 is 34.4 Å². The monoisotopic (exact) mass is 403 g/mol. The maximum Gasteiger partial charge on any atom is 0.326 e. The van der Waals surface area contributed by atoms with Gasteiger partial charge in [-0.25, -0.2) is 9.59 Å². The van der Waals surface area contributed by atoms with E-state index in [1.165, 1.54) is 13.2 Å². The molecular weight excluding hydrogens is 378 g/mol. The molecule has 9 heteroatoms. The summed E-state index contributed by atoms with van der Waals surface area (Å²) < 4.78 is 10.9. The maximum atomic E-state index is 12.4. The number of allylic oxidation sites excluding steroid dienone is 1. The van der Waals surface area contributed by atoms with Crippen LogP contribution in [-0.4, -0.2) is 42.7 Å². The van der Waals surface area contributed by atoms with Crippen molar-refractivity contribution in [1.82, 2.24) is 10.6 Å². The number of aryl methyl sites for hydroxylation is 1. The number of amides is 3. The van der Waals surface area contributed by atoms with E-state index in [1.807, 2.05) is 13.0 Å². The Morgan fingerprint density at radius 1 is 1.34 bits per heavy atom. The number of nitrogens with two attached hydrogens (primary N) is 1. The Morgan fingerprint density at radius 2 is 2.07 bits per heavy atom. The number of fused-ring (bicyclic) bond motifs is 1. The number of carboxylic acids is 1. The van der Waals surface area contributed by atoms with Crippen molar-refractivity contribution in [2.75, 3.05) is 13.7 Å². The topological polar surface area (TPSA) is 144 Å². The third-order valence-corrected chi connectivity index (χ3v) is 4.45. The first kappa shape index (κ1) is 21.8. The fourth-order valence-corrected chi connectivity index (χ4v) is 2.92. The predicted molar refractivity (Wildman–Crippen MR) is 108 cm³/mol. The van der Waals surface area contributed by atoms with Crippen LogP contribution in [0.5, 0.6) is 5.75 Å². The Balaban J connectivity index is 2.14. The summed E-state index contributed by atoms with van der Waals surface area (Å²) in [5, 5.41) is 15.1. The standard InChI is InChI=1S/C20H25N3O6/c1-11(13-8-14-12(2)10-29-17(14)9-16(13)28-3)7-18(24)23-15(19(25)26)5-4-6-22-20(21)27/h7-10,15H,4-6H2,1-3H3,(H,23,24)(H,25,26)(H3,21,22,27)/b11-7+. The number of methoxy groups -OCH3 is 1. The van der Waals surface area contributed by atoms with Crippen molar-refractivity contribution in [2.24, 2.45) is 5.73 Å². The minimum Gasteiger partial charge on any atom is -0.496 e. The molecule has 0 bridgehead atoms. The molecule has 1 aromatic carbocycles. The zero-order valence-corrected chi connectivity index (χ0v) is 16.6. The number of hydrogen-bond donors (Lipinski definition) is 4. The summed E-state index contributed by atoms with van der Waals surface area (Å²) in [6, 6.07) is 1.86. The van der Waals surface area contributed by atoms with Crippen molar-refractivity contribution in [3.05, 3.63) is 35.6 Å². The van der Waals surface area contributed by atoms with Gasteiger partial charge < -0.3 is 30.6 Å². The van der Waals surface area contributed by atoms with Crippen molar-refractivity contribution < 1.29 is 28.6 Å². The lowest BCUT2D eigenvalue weighted by Crippen LogP contribution is -2.40. The summed E-state index contributed by atoms with van der Waals surface area (Å²) in [5.74, 6) is -1.15. The second kappa shape index (κ2) is 9.63. The smallest absolute Gasteiger partial charge is 0.326 e. The number of carbonyl (C=O) groups excluding carboxylic acids is 2. The number of furan rings is 1. The number of carbonyl (C=O) groups is 3. The van der Waals surface area contributed by atoms with E-state index in [4.69, 9.17) is 14.9 Å². The molecule has 1 unspecified atom stereocenters. The van der Waals surface area contributed by atoms with Crippen LogP contribution in [0.25, 0.3) is 16.5 Å². The first-order valence-electron chi connectivity index (χ1n) is 9.04. The quantitative estimate of drug-likeness (QED) is 0.373. The van der Waals surface area contributed by atoms with Crippen molar-refractivity contribution in [3.63, 3.8) is 0 Å². The van der Waals surface area contributed by atoms with Crippen LogP contribution in [0.1, 0.15) is 30.9 Å². The average Bonchev–Trinajstić information content (AvgIpc) is 3.02. The van der Waals surface area contributed by atoms with Gasteiger partial charge in [0.2, 0.25) is 5.91 Å². The lowest BCUT2D eigenvalue weighted by molar-refractivity contribution is -0.141. The van der Waals surface area contributed by atoms with E-state index in [0.29, 0.717) is 28.9 Å². The highest BCUT2D eigenvalue weighted by Gasteiger charge is 2.19. The lowest BCUT2D eigenvalue weighted by atomic mass is 10.0. The molecule has 9 nitrogen and oxygen atoms in total. The molecule has 0 saturated carbocycles. The van der Waals surface area contributed by atoms with Crippen LogP contribution in [0.4, 0.5) is 4.79 Å². The summed E-state index contributed by atoms with van der Waals surface area (Å²) in [4.78, 5) is 34.4. The van der Waals surface area contributed by atoms with Crippen LogP contribution < -0.4 is 21.1 Å². The molecule has 1 aromatic heterocycles. The predicted octanol–water partition coefficient (Wildman–Crippen LogP) is 2.17. The second-order valence-corrected chi connectivity index (χ2v) is 6.63. The number of carboxylic acid groups (broad SMARTS) is 1.